The molecule has 1 aromatic carbocycles. The van der Waals surface area contributed by atoms with E-state index in [4.69, 9.17) is 4.74 Å². The van der Waals surface area contributed by atoms with Crippen LogP contribution in [0.25, 0.3) is 0 Å². The minimum absolute atomic E-state index is 0.0270. The fourth-order valence-corrected chi connectivity index (χ4v) is 4.39. The third kappa shape index (κ3) is 2.87. The van der Waals surface area contributed by atoms with Crippen molar-refractivity contribution >= 4 is 9.84 Å². The third-order valence-electron chi connectivity index (χ3n) is 3.38. The molecule has 0 spiro atoms. The largest absolute Gasteiger partial charge is 0.494 e. The molecule has 4 nitrogen and oxygen atoms in total. The molecule has 6 heteroatoms. The zero-order chi connectivity index (χ0) is 14.1. The van der Waals surface area contributed by atoms with E-state index in [-0.39, 0.29) is 23.7 Å². The van der Waals surface area contributed by atoms with Gasteiger partial charge in [0, 0.05) is 0 Å². The summed E-state index contributed by atoms with van der Waals surface area (Å²) < 4.78 is 41.4. The van der Waals surface area contributed by atoms with Crippen LogP contribution in [0.15, 0.2) is 18.2 Å². The highest BCUT2D eigenvalue weighted by molar-refractivity contribution is 7.91. The normalized spacial score (nSPS) is 24.9. The number of hydrogen-bond acceptors (Lipinski definition) is 4. The lowest BCUT2D eigenvalue weighted by Gasteiger charge is -2.18. The number of nitrogens with zero attached hydrogens (tertiary/aromatic N) is 1. The monoisotopic (exact) mass is 283 g/mol. The van der Waals surface area contributed by atoms with E-state index >= 15 is 0 Å². The second-order valence-corrected chi connectivity index (χ2v) is 7.06. The van der Waals surface area contributed by atoms with Crippen LogP contribution in [0.2, 0.25) is 0 Å². The van der Waals surface area contributed by atoms with Crippen LogP contribution in [0.4, 0.5) is 4.39 Å². The third-order valence-corrected chi connectivity index (χ3v) is 5.20. The van der Waals surface area contributed by atoms with E-state index in [1.807, 2.05) is 0 Å². The Morgan fingerprint density at radius 1 is 1.53 bits per heavy atom. The summed E-state index contributed by atoms with van der Waals surface area (Å²) in [6.45, 7) is 0. The highest BCUT2D eigenvalue weighted by Crippen LogP contribution is 2.35. The summed E-state index contributed by atoms with van der Waals surface area (Å²) in [4.78, 5) is 0. The van der Waals surface area contributed by atoms with Crippen molar-refractivity contribution in [2.45, 2.75) is 12.8 Å². The van der Waals surface area contributed by atoms with Crippen molar-refractivity contribution < 1.29 is 17.5 Å². The molecular weight excluding hydrogens is 269 g/mol. The molecule has 1 fully saturated rings. The van der Waals surface area contributed by atoms with E-state index in [1.54, 1.807) is 6.07 Å². The van der Waals surface area contributed by atoms with Gasteiger partial charge in [-0.3, -0.25) is 0 Å². The number of ether oxygens (including phenoxy) is 1. The molecule has 0 aliphatic carbocycles. The lowest BCUT2D eigenvalue weighted by atomic mass is 9.83. The maximum absolute atomic E-state index is 13.6. The fourth-order valence-electron chi connectivity index (χ4n) is 2.39. The molecule has 0 amide bonds. The fraction of sp³-hybridized carbons (Fsp3) is 0.462. The Labute approximate surface area is 111 Å². The van der Waals surface area contributed by atoms with Gasteiger partial charge < -0.3 is 4.74 Å². The van der Waals surface area contributed by atoms with Crippen molar-refractivity contribution in [1.29, 1.82) is 5.26 Å². The van der Waals surface area contributed by atoms with E-state index in [0.29, 0.717) is 12.0 Å². The van der Waals surface area contributed by atoms with Gasteiger partial charge in [-0.25, -0.2) is 12.8 Å². The summed E-state index contributed by atoms with van der Waals surface area (Å²) in [6, 6.07) is 6.54. The van der Waals surface area contributed by atoms with Gasteiger partial charge in [0.25, 0.3) is 0 Å². The Morgan fingerprint density at radius 3 is 2.74 bits per heavy atom. The van der Waals surface area contributed by atoms with Crippen LogP contribution < -0.4 is 4.74 Å². The standard InChI is InChI=1S/C13H14FNO3S/c1-18-12-3-2-10(6-11(12)14)7-13(8-15)4-5-19(16,17)9-13/h2-3,6H,4-5,7,9H2,1H3. The van der Waals surface area contributed by atoms with Crippen LogP contribution in [0.1, 0.15) is 12.0 Å². The second kappa shape index (κ2) is 4.82. The number of hydrogen-bond donors (Lipinski definition) is 0. The van der Waals surface area contributed by atoms with Gasteiger partial charge in [-0.1, -0.05) is 6.07 Å². The molecule has 19 heavy (non-hydrogen) atoms. The molecule has 2 rings (SSSR count). The first kappa shape index (κ1) is 13.8. The molecular formula is C13H14FNO3S. The summed E-state index contributed by atoms with van der Waals surface area (Å²) >= 11 is 0. The molecule has 1 atom stereocenters. The molecule has 1 heterocycles. The Balaban J connectivity index is 2.25. The van der Waals surface area contributed by atoms with Crippen LogP contribution in [-0.2, 0) is 16.3 Å². The van der Waals surface area contributed by atoms with Crippen molar-refractivity contribution in [1.82, 2.24) is 0 Å². The molecule has 0 radical (unpaired) electrons. The topological polar surface area (TPSA) is 67.2 Å². The minimum Gasteiger partial charge on any atom is -0.494 e. The highest BCUT2D eigenvalue weighted by atomic mass is 32.2. The first-order valence-corrected chi connectivity index (χ1v) is 7.66. The van der Waals surface area contributed by atoms with Gasteiger partial charge in [0.15, 0.2) is 21.4 Å². The van der Waals surface area contributed by atoms with Crippen LogP contribution in [0.5, 0.6) is 5.75 Å². The van der Waals surface area contributed by atoms with Gasteiger partial charge >= 0.3 is 0 Å². The molecule has 0 N–H and O–H groups in total. The molecule has 1 aromatic rings. The predicted octanol–water partition coefficient (Wildman–Crippen LogP) is 1.71. The number of nitriles is 1. The molecule has 0 bridgehead atoms. The Bertz CT molecular complexity index is 636. The summed E-state index contributed by atoms with van der Waals surface area (Å²) in [7, 11) is -1.78. The van der Waals surface area contributed by atoms with Crippen LogP contribution >= 0.6 is 0 Å². The van der Waals surface area contributed by atoms with Crippen LogP contribution in [0.3, 0.4) is 0 Å². The number of halogens is 1. The van der Waals surface area contributed by atoms with E-state index < -0.39 is 21.1 Å². The van der Waals surface area contributed by atoms with Gasteiger partial charge in [-0.05, 0) is 30.5 Å². The predicted molar refractivity (Wildman–Crippen MR) is 68.0 cm³/mol. The Kier molecular flexibility index (Phi) is 3.50. The van der Waals surface area contributed by atoms with Crippen molar-refractivity contribution in [2.75, 3.05) is 18.6 Å². The van der Waals surface area contributed by atoms with Crippen molar-refractivity contribution in [3.63, 3.8) is 0 Å². The summed E-state index contributed by atoms with van der Waals surface area (Å²) in [5.41, 5.74) is -0.322. The minimum atomic E-state index is -3.15. The molecule has 1 unspecified atom stereocenters. The SMILES string of the molecule is COc1ccc(CC2(C#N)CCS(=O)(=O)C2)cc1F. The molecule has 0 saturated carbocycles. The van der Waals surface area contributed by atoms with E-state index in [1.165, 1.54) is 19.2 Å². The summed E-state index contributed by atoms with van der Waals surface area (Å²) in [6.07, 6.45) is 0.545. The number of sulfone groups is 1. The van der Waals surface area contributed by atoms with Gasteiger partial charge in [0.1, 0.15) is 0 Å². The smallest absolute Gasteiger partial charge is 0.165 e. The number of methoxy groups -OCH3 is 1. The van der Waals surface area contributed by atoms with Crippen molar-refractivity contribution in [2.24, 2.45) is 5.41 Å². The van der Waals surface area contributed by atoms with E-state index in [0.717, 1.165) is 0 Å². The lowest BCUT2D eigenvalue weighted by Crippen LogP contribution is -2.23. The number of benzene rings is 1. The van der Waals surface area contributed by atoms with Gasteiger partial charge in [-0.2, -0.15) is 5.26 Å². The quantitative estimate of drug-likeness (QED) is 0.847. The van der Waals surface area contributed by atoms with Crippen molar-refractivity contribution in [3.8, 4) is 11.8 Å². The Hall–Kier alpha value is -1.61. The molecule has 102 valence electrons. The average Bonchev–Trinajstić information content (AvgIpc) is 2.66. The van der Waals surface area contributed by atoms with Gasteiger partial charge in [-0.15, -0.1) is 0 Å². The van der Waals surface area contributed by atoms with Crippen LogP contribution in [0, 0.1) is 22.6 Å². The number of rotatable bonds is 3. The zero-order valence-electron chi connectivity index (χ0n) is 10.5. The zero-order valence-corrected chi connectivity index (χ0v) is 11.3. The average molecular weight is 283 g/mol. The summed E-state index contributed by atoms with van der Waals surface area (Å²) in [5.74, 6) is -0.494. The Morgan fingerprint density at radius 2 is 2.26 bits per heavy atom. The van der Waals surface area contributed by atoms with Crippen molar-refractivity contribution in [3.05, 3.63) is 29.6 Å². The van der Waals surface area contributed by atoms with Gasteiger partial charge in [0.05, 0.1) is 30.1 Å². The first-order chi connectivity index (χ1) is 8.90. The highest BCUT2D eigenvalue weighted by Gasteiger charge is 2.42. The van der Waals surface area contributed by atoms with E-state index in [2.05, 4.69) is 6.07 Å². The summed E-state index contributed by atoms with van der Waals surface area (Å²) in [5, 5.41) is 9.25. The first-order valence-electron chi connectivity index (χ1n) is 5.84. The molecule has 1 aliphatic heterocycles. The second-order valence-electron chi connectivity index (χ2n) is 4.88. The maximum atomic E-state index is 13.6. The maximum Gasteiger partial charge on any atom is 0.165 e. The lowest BCUT2D eigenvalue weighted by molar-refractivity contribution is 0.385. The molecule has 1 saturated heterocycles. The molecule has 0 aromatic heterocycles. The molecule has 1 aliphatic rings. The van der Waals surface area contributed by atoms with Crippen LogP contribution in [-0.4, -0.2) is 27.0 Å². The van der Waals surface area contributed by atoms with Gasteiger partial charge in [0.2, 0.25) is 0 Å². The van der Waals surface area contributed by atoms with E-state index in [9.17, 15) is 18.1 Å².